The number of rotatable bonds is 4. The Labute approximate surface area is 177 Å². The van der Waals surface area contributed by atoms with Crippen molar-refractivity contribution in [3.05, 3.63) is 77.4 Å². The highest BCUT2D eigenvalue weighted by Crippen LogP contribution is 2.42. The molecule has 5 nitrogen and oxygen atoms in total. The first-order valence-electron chi connectivity index (χ1n) is 9.86. The molecule has 0 spiro atoms. The van der Waals surface area contributed by atoms with Crippen LogP contribution in [0.1, 0.15) is 48.6 Å². The van der Waals surface area contributed by atoms with Crippen LogP contribution in [-0.4, -0.2) is 30.7 Å². The number of nitrogens with one attached hydrogen (secondary N) is 1. The first-order valence-corrected chi connectivity index (χ1v) is 10.3. The van der Waals surface area contributed by atoms with Crippen molar-refractivity contribution in [1.29, 1.82) is 0 Å². The maximum atomic E-state index is 9.66. The third kappa shape index (κ3) is 3.38. The summed E-state index contributed by atoms with van der Waals surface area (Å²) in [6.07, 6.45) is 1.83. The van der Waals surface area contributed by atoms with Crippen LogP contribution in [0.5, 0.6) is 5.75 Å². The van der Waals surface area contributed by atoms with E-state index < -0.39 is 0 Å². The Morgan fingerprint density at radius 1 is 1.10 bits per heavy atom. The molecule has 1 saturated heterocycles. The minimum Gasteiger partial charge on any atom is -0.508 e. The van der Waals surface area contributed by atoms with Crippen molar-refractivity contribution in [2.24, 2.45) is 0 Å². The quantitative estimate of drug-likeness (QED) is 0.622. The number of phenolic OH excluding ortho intramolecular Hbond substituents is 1. The third-order valence-electron chi connectivity index (χ3n) is 5.59. The van der Waals surface area contributed by atoms with Gasteiger partial charge in [0.15, 0.2) is 5.11 Å². The van der Waals surface area contributed by atoms with Crippen molar-refractivity contribution >= 4 is 17.3 Å². The van der Waals surface area contributed by atoms with Gasteiger partial charge in [0.05, 0.1) is 17.8 Å². The number of hydrogen-bond donors (Lipinski definition) is 2. The monoisotopic (exact) mass is 406 g/mol. The van der Waals surface area contributed by atoms with Crippen LogP contribution in [0.3, 0.4) is 0 Å². The smallest absolute Gasteiger partial charge is 0.170 e. The zero-order chi connectivity index (χ0) is 20.7. The van der Waals surface area contributed by atoms with Crippen LogP contribution in [0.15, 0.2) is 54.7 Å². The van der Waals surface area contributed by atoms with E-state index in [4.69, 9.17) is 12.2 Å². The average Bonchev–Trinajstić information content (AvgIpc) is 3.19. The fourth-order valence-electron chi connectivity index (χ4n) is 4.34. The summed E-state index contributed by atoms with van der Waals surface area (Å²) >= 11 is 5.71. The Morgan fingerprint density at radius 3 is 2.45 bits per heavy atom. The van der Waals surface area contributed by atoms with Crippen LogP contribution in [0.4, 0.5) is 0 Å². The molecule has 2 atom stereocenters. The minimum atomic E-state index is -0.0140. The van der Waals surface area contributed by atoms with E-state index >= 15 is 0 Å². The summed E-state index contributed by atoms with van der Waals surface area (Å²) in [5.41, 5.74) is 5.55. The van der Waals surface area contributed by atoms with E-state index in [0.29, 0.717) is 0 Å². The van der Waals surface area contributed by atoms with Crippen LogP contribution in [0, 0.1) is 13.8 Å². The highest BCUT2D eigenvalue weighted by atomic mass is 32.1. The lowest BCUT2D eigenvalue weighted by Crippen LogP contribution is -2.35. The molecule has 4 rings (SSSR count). The minimum absolute atomic E-state index is 0.0140. The van der Waals surface area contributed by atoms with Crippen LogP contribution >= 0.6 is 12.2 Å². The lowest BCUT2D eigenvalue weighted by molar-refractivity contribution is 0.269. The molecule has 1 fully saturated rings. The molecular formula is C23H26N4OS. The van der Waals surface area contributed by atoms with Gasteiger partial charge in [-0.25, -0.2) is 0 Å². The number of aryl methyl sites for hydroxylation is 1. The SMILES string of the molecule is Cc1cc([C@H]2[C@H](c3ccccn3)NC(=S)N2C(C)C)c(C)n1-c1ccc(O)cc1. The highest BCUT2D eigenvalue weighted by molar-refractivity contribution is 7.80. The maximum Gasteiger partial charge on any atom is 0.170 e. The number of hydrogen-bond acceptors (Lipinski definition) is 3. The van der Waals surface area contributed by atoms with Gasteiger partial charge in [-0.1, -0.05) is 6.07 Å². The molecule has 1 aliphatic rings. The molecule has 0 unspecified atom stereocenters. The molecule has 3 heterocycles. The van der Waals surface area contributed by atoms with Gasteiger partial charge in [-0.15, -0.1) is 0 Å². The Hall–Kier alpha value is -2.86. The van der Waals surface area contributed by atoms with Crippen molar-refractivity contribution in [3.8, 4) is 11.4 Å². The molecule has 2 aromatic heterocycles. The highest BCUT2D eigenvalue weighted by Gasteiger charge is 2.42. The summed E-state index contributed by atoms with van der Waals surface area (Å²) < 4.78 is 2.23. The lowest BCUT2D eigenvalue weighted by Gasteiger charge is -2.31. The van der Waals surface area contributed by atoms with Gasteiger partial charge in [-0.05, 0) is 87.9 Å². The molecule has 0 aliphatic carbocycles. The first-order chi connectivity index (χ1) is 13.9. The summed E-state index contributed by atoms with van der Waals surface area (Å²) in [6.45, 7) is 8.59. The van der Waals surface area contributed by atoms with E-state index in [-0.39, 0.29) is 23.9 Å². The van der Waals surface area contributed by atoms with Gasteiger partial charge in [0, 0.05) is 29.3 Å². The van der Waals surface area contributed by atoms with Crippen molar-refractivity contribution < 1.29 is 5.11 Å². The summed E-state index contributed by atoms with van der Waals surface area (Å²) in [4.78, 5) is 6.88. The molecule has 0 bridgehead atoms. The van der Waals surface area contributed by atoms with E-state index in [1.165, 1.54) is 5.56 Å². The summed E-state index contributed by atoms with van der Waals surface area (Å²) in [6, 6.07) is 15.9. The molecule has 0 radical (unpaired) electrons. The Balaban J connectivity index is 1.85. The number of thiocarbonyl (C=S) groups is 1. The molecule has 1 aliphatic heterocycles. The van der Waals surface area contributed by atoms with Gasteiger partial charge in [0.1, 0.15) is 5.75 Å². The average molecular weight is 407 g/mol. The molecule has 0 amide bonds. The Morgan fingerprint density at radius 2 is 1.83 bits per heavy atom. The zero-order valence-electron chi connectivity index (χ0n) is 17.1. The predicted octanol–water partition coefficient (Wildman–Crippen LogP) is 4.58. The van der Waals surface area contributed by atoms with Gasteiger partial charge in [-0.2, -0.15) is 0 Å². The second kappa shape index (κ2) is 7.52. The number of benzene rings is 1. The van der Waals surface area contributed by atoms with E-state index in [1.54, 1.807) is 12.1 Å². The normalized spacial score (nSPS) is 19.1. The number of aromatic hydroxyl groups is 1. The molecule has 6 heteroatoms. The summed E-state index contributed by atoms with van der Waals surface area (Å²) in [5.74, 6) is 0.267. The fraction of sp³-hybridized carbons (Fsp3) is 0.304. The van der Waals surface area contributed by atoms with Crippen molar-refractivity contribution in [2.75, 3.05) is 0 Å². The predicted molar refractivity (Wildman–Crippen MR) is 119 cm³/mol. The lowest BCUT2D eigenvalue weighted by atomic mass is 9.96. The molecule has 3 aromatic rings. The Kier molecular flexibility index (Phi) is 5.04. The van der Waals surface area contributed by atoms with Crippen molar-refractivity contribution in [1.82, 2.24) is 19.8 Å². The third-order valence-corrected chi connectivity index (χ3v) is 5.92. The number of nitrogens with zero attached hydrogens (tertiary/aromatic N) is 3. The van der Waals surface area contributed by atoms with Crippen LogP contribution in [-0.2, 0) is 0 Å². The molecule has 0 saturated carbocycles. The zero-order valence-corrected chi connectivity index (χ0v) is 17.9. The Bertz CT molecular complexity index is 1030. The van der Waals surface area contributed by atoms with Gasteiger partial charge >= 0.3 is 0 Å². The number of pyridine rings is 1. The molecule has 150 valence electrons. The maximum absolute atomic E-state index is 9.66. The standard InChI is InChI=1S/C23H26N4OS/c1-14(2)26-22(21(25-23(26)29)20-7-5-6-12-24-20)19-13-15(3)27(16(19)4)17-8-10-18(28)11-9-17/h5-14,21-22,28H,1-4H3,(H,25,29)/t21-,22-/m0/s1. The largest absolute Gasteiger partial charge is 0.508 e. The van der Waals surface area contributed by atoms with E-state index in [2.05, 4.69) is 59.6 Å². The van der Waals surface area contributed by atoms with Crippen molar-refractivity contribution in [2.45, 2.75) is 45.8 Å². The van der Waals surface area contributed by atoms with Crippen LogP contribution < -0.4 is 5.32 Å². The number of phenols is 1. The van der Waals surface area contributed by atoms with Gasteiger partial charge in [-0.3, -0.25) is 4.98 Å². The summed E-state index contributed by atoms with van der Waals surface area (Å²) in [5, 5.41) is 13.9. The second-order valence-corrected chi connectivity index (χ2v) is 8.19. The molecule has 2 N–H and O–H groups in total. The second-order valence-electron chi connectivity index (χ2n) is 7.81. The van der Waals surface area contributed by atoms with Gasteiger partial charge < -0.3 is 19.9 Å². The molecule has 1 aromatic carbocycles. The molecule has 29 heavy (non-hydrogen) atoms. The van der Waals surface area contributed by atoms with Gasteiger partial charge in [0.25, 0.3) is 0 Å². The summed E-state index contributed by atoms with van der Waals surface area (Å²) in [7, 11) is 0. The van der Waals surface area contributed by atoms with Crippen molar-refractivity contribution in [3.63, 3.8) is 0 Å². The van der Waals surface area contributed by atoms with E-state index in [1.807, 2.05) is 30.5 Å². The number of aromatic nitrogens is 2. The van der Waals surface area contributed by atoms with Crippen LogP contribution in [0.25, 0.3) is 5.69 Å². The fourth-order valence-corrected chi connectivity index (χ4v) is 4.79. The van der Waals surface area contributed by atoms with Crippen LogP contribution in [0.2, 0.25) is 0 Å². The van der Waals surface area contributed by atoms with E-state index in [9.17, 15) is 5.11 Å². The van der Waals surface area contributed by atoms with Gasteiger partial charge in [0.2, 0.25) is 0 Å². The van der Waals surface area contributed by atoms with E-state index in [0.717, 1.165) is 27.9 Å². The first kappa shape index (κ1) is 19.5. The topological polar surface area (TPSA) is 53.3 Å². The molecular weight excluding hydrogens is 380 g/mol.